The highest BCUT2D eigenvalue weighted by Gasteiger charge is 2.29. The lowest BCUT2D eigenvalue weighted by molar-refractivity contribution is -0.142. The second-order valence-corrected chi connectivity index (χ2v) is 9.07. The average Bonchev–Trinajstić information content (AvgIpc) is 3.55. The molecular weight excluding hydrogens is 510 g/mol. The molecule has 0 fully saturated rings. The minimum atomic E-state index is -1.29. The second kappa shape index (κ2) is 13.2. The number of nitrogens with one attached hydrogen (secondary N) is 5. The quantitative estimate of drug-likeness (QED) is 0.130. The number of hydrogen-bond acceptors (Lipinski definition) is 7. The Bertz CT molecular complexity index is 1320. The standard InChI is InChI=1S/C25H31N7O7/c1-13(22(35)32-20(25(38)39)8-14-10-28-18-5-3-2-4-16(14)18)30-24(37)19(6-7-21(33)34)31-23(36)17(26)9-15-11-27-12-29-15/h2-5,10-13,17,19-20,28H,6-9,26H2,1H3,(H,27,29)(H,30,37)(H,31,36)(H,32,35)(H,33,34)(H,38,39). The third-order valence-electron chi connectivity index (χ3n) is 6.08. The molecule has 0 aliphatic heterocycles. The Hall–Kier alpha value is -4.72. The summed E-state index contributed by atoms with van der Waals surface area (Å²) in [5.41, 5.74) is 8.01. The molecule has 39 heavy (non-hydrogen) atoms. The maximum Gasteiger partial charge on any atom is 0.326 e. The molecule has 2 aromatic heterocycles. The average molecular weight is 542 g/mol. The molecule has 14 nitrogen and oxygen atoms in total. The van der Waals surface area contributed by atoms with Gasteiger partial charge in [0.2, 0.25) is 17.7 Å². The van der Waals surface area contributed by atoms with Gasteiger partial charge in [0.15, 0.2) is 0 Å². The maximum absolute atomic E-state index is 12.9. The summed E-state index contributed by atoms with van der Waals surface area (Å²) in [6, 6.07) is 2.51. The fourth-order valence-corrected chi connectivity index (χ4v) is 3.94. The van der Waals surface area contributed by atoms with Crippen molar-refractivity contribution < 1.29 is 34.2 Å². The van der Waals surface area contributed by atoms with Crippen molar-refractivity contribution in [3.05, 3.63) is 54.2 Å². The lowest BCUT2D eigenvalue weighted by Crippen LogP contribution is -2.56. The Labute approximate surface area is 222 Å². The van der Waals surface area contributed by atoms with Gasteiger partial charge in [-0.1, -0.05) is 18.2 Å². The van der Waals surface area contributed by atoms with Crippen LogP contribution in [0.15, 0.2) is 43.0 Å². The number of aromatic amines is 2. The number of carboxylic acid groups (broad SMARTS) is 2. The van der Waals surface area contributed by atoms with Crippen LogP contribution in [0.1, 0.15) is 31.0 Å². The number of carbonyl (C=O) groups is 5. The van der Waals surface area contributed by atoms with E-state index >= 15 is 0 Å². The van der Waals surface area contributed by atoms with Crippen LogP contribution < -0.4 is 21.7 Å². The number of aromatic nitrogens is 3. The van der Waals surface area contributed by atoms with Crippen LogP contribution in [0.3, 0.4) is 0 Å². The zero-order valence-corrected chi connectivity index (χ0v) is 21.1. The van der Waals surface area contributed by atoms with Crippen molar-refractivity contribution in [1.29, 1.82) is 0 Å². The van der Waals surface area contributed by atoms with E-state index in [-0.39, 0.29) is 19.3 Å². The number of para-hydroxylation sites is 1. The number of amides is 3. The van der Waals surface area contributed by atoms with E-state index in [1.165, 1.54) is 19.4 Å². The van der Waals surface area contributed by atoms with Crippen LogP contribution in [-0.4, -0.2) is 79.0 Å². The first kappa shape index (κ1) is 28.8. The first-order valence-corrected chi connectivity index (χ1v) is 12.2. The third kappa shape index (κ3) is 8.13. The Morgan fingerprint density at radius 2 is 1.67 bits per heavy atom. The van der Waals surface area contributed by atoms with Crippen molar-refractivity contribution in [3.8, 4) is 0 Å². The van der Waals surface area contributed by atoms with Gasteiger partial charge in [-0.05, 0) is 25.0 Å². The molecule has 208 valence electrons. The molecule has 0 saturated carbocycles. The molecule has 9 N–H and O–H groups in total. The van der Waals surface area contributed by atoms with Crippen LogP contribution in [0.5, 0.6) is 0 Å². The van der Waals surface area contributed by atoms with Gasteiger partial charge in [0.25, 0.3) is 0 Å². The van der Waals surface area contributed by atoms with Crippen molar-refractivity contribution in [3.63, 3.8) is 0 Å². The Morgan fingerprint density at radius 3 is 2.33 bits per heavy atom. The highest BCUT2D eigenvalue weighted by molar-refractivity contribution is 5.94. The summed E-state index contributed by atoms with van der Waals surface area (Å²) in [4.78, 5) is 70.9. The summed E-state index contributed by atoms with van der Waals surface area (Å²) in [5, 5.41) is 26.8. The van der Waals surface area contributed by atoms with Crippen molar-refractivity contribution in [2.24, 2.45) is 5.73 Å². The number of fused-ring (bicyclic) bond motifs is 1. The summed E-state index contributed by atoms with van der Waals surface area (Å²) in [6.07, 6.45) is 4.00. The van der Waals surface area contributed by atoms with Crippen LogP contribution in [0, 0.1) is 0 Å². The van der Waals surface area contributed by atoms with Gasteiger partial charge in [-0.25, -0.2) is 9.78 Å². The summed E-state index contributed by atoms with van der Waals surface area (Å²) in [7, 11) is 0. The molecule has 0 bridgehead atoms. The van der Waals surface area contributed by atoms with Crippen LogP contribution in [0.2, 0.25) is 0 Å². The summed E-state index contributed by atoms with van der Waals surface area (Å²) in [5.74, 6) is -4.72. The lowest BCUT2D eigenvalue weighted by Gasteiger charge is -2.23. The number of aliphatic carboxylic acids is 2. The fourth-order valence-electron chi connectivity index (χ4n) is 3.94. The van der Waals surface area contributed by atoms with Gasteiger partial charge in [-0.3, -0.25) is 19.2 Å². The Morgan fingerprint density at radius 1 is 0.949 bits per heavy atom. The number of carboxylic acids is 2. The first-order valence-electron chi connectivity index (χ1n) is 12.2. The van der Waals surface area contributed by atoms with Gasteiger partial charge in [0.05, 0.1) is 12.4 Å². The molecule has 3 rings (SSSR count). The molecule has 14 heteroatoms. The SMILES string of the molecule is CC(NC(=O)C(CCC(=O)O)NC(=O)C(N)Cc1cnc[nH]1)C(=O)NC(Cc1c[nH]c2ccccc12)C(=O)O. The zero-order valence-electron chi connectivity index (χ0n) is 21.1. The third-order valence-corrected chi connectivity index (χ3v) is 6.08. The fraction of sp³-hybridized carbons (Fsp3) is 0.360. The summed E-state index contributed by atoms with van der Waals surface area (Å²) < 4.78 is 0. The van der Waals surface area contributed by atoms with E-state index in [0.717, 1.165) is 10.9 Å². The van der Waals surface area contributed by atoms with E-state index in [2.05, 4.69) is 30.9 Å². The molecule has 1 aromatic carbocycles. The molecule has 4 atom stereocenters. The van der Waals surface area contributed by atoms with Crippen LogP contribution in [0.25, 0.3) is 10.9 Å². The van der Waals surface area contributed by atoms with Crippen molar-refractivity contribution in [2.75, 3.05) is 0 Å². The van der Waals surface area contributed by atoms with Gasteiger partial charge in [-0.2, -0.15) is 0 Å². The van der Waals surface area contributed by atoms with Gasteiger partial charge >= 0.3 is 11.9 Å². The Balaban J connectivity index is 1.61. The van der Waals surface area contributed by atoms with E-state index in [1.807, 2.05) is 24.3 Å². The topological polar surface area (TPSA) is 232 Å². The smallest absolute Gasteiger partial charge is 0.326 e. The number of H-pyrrole nitrogens is 2. The zero-order chi connectivity index (χ0) is 28.5. The molecule has 0 aliphatic rings. The molecule has 0 aliphatic carbocycles. The largest absolute Gasteiger partial charge is 0.481 e. The molecule has 3 amide bonds. The van der Waals surface area contributed by atoms with E-state index in [9.17, 15) is 29.1 Å². The van der Waals surface area contributed by atoms with Crippen LogP contribution in [0.4, 0.5) is 0 Å². The molecular formula is C25H31N7O7. The molecule has 0 spiro atoms. The van der Waals surface area contributed by atoms with Crippen LogP contribution >= 0.6 is 0 Å². The van der Waals surface area contributed by atoms with E-state index < -0.39 is 60.2 Å². The predicted octanol–water partition coefficient (Wildman–Crippen LogP) is -0.573. The molecule has 0 radical (unpaired) electrons. The van der Waals surface area contributed by atoms with Crippen LogP contribution in [-0.2, 0) is 36.8 Å². The van der Waals surface area contributed by atoms with Gasteiger partial charge in [0, 0.05) is 48.3 Å². The predicted molar refractivity (Wildman–Crippen MR) is 138 cm³/mol. The number of hydrogen-bond donors (Lipinski definition) is 8. The number of imidazole rings is 1. The number of nitrogens with zero attached hydrogens (tertiary/aromatic N) is 1. The van der Waals surface area contributed by atoms with Crippen molar-refractivity contribution in [1.82, 2.24) is 30.9 Å². The maximum atomic E-state index is 12.9. The minimum absolute atomic E-state index is 0.00271. The molecule has 2 heterocycles. The van der Waals surface area contributed by atoms with E-state index in [1.54, 1.807) is 6.20 Å². The molecule has 4 unspecified atom stereocenters. The van der Waals surface area contributed by atoms with Gasteiger partial charge in [0.1, 0.15) is 18.1 Å². The highest BCUT2D eigenvalue weighted by atomic mass is 16.4. The second-order valence-electron chi connectivity index (χ2n) is 9.07. The molecule has 3 aromatic rings. The number of nitrogens with two attached hydrogens (primary N) is 1. The first-order chi connectivity index (χ1) is 18.5. The van der Waals surface area contributed by atoms with E-state index in [0.29, 0.717) is 11.3 Å². The van der Waals surface area contributed by atoms with Crippen molar-refractivity contribution >= 4 is 40.6 Å². The number of carbonyl (C=O) groups excluding carboxylic acids is 3. The monoisotopic (exact) mass is 541 g/mol. The lowest BCUT2D eigenvalue weighted by atomic mass is 10.0. The highest BCUT2D eigenvalue weighted by Crippen LogP contribution is 2.19. The van der Waals surface area contributed by atoms with Gasteiger partial charge in [-0.15, -0.1) is 0 Å². The number of rotatable bonds is 14. The molecule has 0 saturated heterocycles. The normalized spacial score (nSPS) is 14.1. The Kier molecular flexibility index (Phi) is 9.75. The van der Waals surface area contributed by atoms with E-state index in [4.69, 9.17) is 10.8 Å². The summed E-state index contributed by atoms with van der Waals surface area (Å²) in [6.45, 7) is 1.35. The number of benzene rings is 1. The minimum Gasteiger partial charge on any atom is -0.481 e. The van der Waals surface area contributed by atoms with Crippen molar-refractivity contribution in [2.45, 2.75) is 56.8 Å². The summed E-state index contributed by atoms with van der Waals surface area (Å²) >= 11 is 0. The van der Waals surface area contributed by atoms with Gasteiger partial charge < -0.3 is 41.9 Å².